The van der Waals surface area contributed by atoms with Crippen molar-refractivity contribution in [2.75, 3.05) is 5.32 Å². The second-order valence-electron chi connectivity index (χ2n) is 4.30. The van der Waals surface area contributed by atoms with Crippen molar-refractivity contribution in [3.63, 3.8) is 0 Å². The van der Waals surface area contributed by atoms with E-state index < -0.39 is 0 Å². The van der Waals surface area contributed by atoms with E-state index in [9.17, 15) is 4.79 Å². The van der Waals surface area contributed by atoms with Gasteiger partial charge in [0.1, 0.15) is 5.76 Å². The number of aromatic nitrogens is 1. The summed E-state index contributed by atoms with van der Waals surface area (Å²) >= 11 is 0. The number of hydrogen-bond donors (Lipinski definition) is 2. The molecule has 0 aliphatic heterocycles. The third kappa shape index (κ3) is 2.77. The average molecular weight is 267 g/mol. The quantitative estimate of drug-likeness (QED) is 0.766. The van der Waals surface area contributed by atoms with E-state index in [0.29, 0.717) is 12.3 Å². The predicted molar refractivity (Wildman–Crippen MR) is 76.3 cm³/mol. The zero-order valence-electron chi connectivity index (χ0n) is 10.7. The van der Waals surface area contributed by atoms with Gasteiger partial charge in [-0.05, 0) is 36.4 Å². The van der Waals surface area contributed by atoms with Gasteiger partial charge >= 0.3 is 6.03 Å². The molecule has 2 amide bonds. The summed E-state index contributed by atoms with van der Waals surface area (Å²) in [5, 5.41) is 6.48. The number of urea groups is 1. The molecule has 0 atom stereocenters. The Labute approximate surface area is 115 Å². The number of benzene rings is 1. The Morgan fingerprint density at radius 1 is 1.20 bits per heavy atom. The zero-order chi connectivity index (χ0) is 13.8. The molecule has 3 rings (SSSR count). The van der Waals surface area contributed by atoms with Crippen molar-refractivity contribution in [2.24, 2.45) is 0 Å². The maximum absolute atomic E-state index is 11.8. The van der Waals surface area contributed by atoms with E-state index in [1.165, 1.54) is 0 Å². The lowest BCUT2D eigenvalue weighted by atomic mass is 10.2. The minimum absolute atomic E-state index is 0.273. The Morgan fingerprint density at radius 3 is 3.00 bits per heavy atom. The van der Waals surface area contributed by atoms with E-state index in [1.54, 1.807) is 18.5 Å². The van der Waals surface area contributed by atoms with Gasteiger partial charge < -0.3 is 15.1 Å². The highest BCUT2D eigenvalue weighted by Crippen LogP contribution is 2.16. The van der Waals surface area contributed by atoms with Crippen LogP contribution in [0.4, 0.5) is 10.5 Å². The minimum Gasteiger partial charge on any atom is -0.467 e. The number of pyridine rings is 1. The van der Waals surface area contributed by atoms with Crippen molar-refractivity contribution in [3.05, 3.63) is 60.7 Å². The molecule has 0 aliphatic carbocycles. The van der Waals surface area contributed by atoms with Gasteiger partial charge in [0.15, 0.2) is 0 Å². The summed E-state index contributed by atoms with van der Waals surface area (Å²) in [7, 11) is 0. The van der Waals surface area contributed by atoms with Gasteiger partial charge in [-0.1, -0.05) is 6.07 Å². The van der Waals surface area contributed by atoms with Crippen LogP contribution in [-0.2, 0) is 6.54 Å². The second kappa shape index (κ2) is 5.44. The average Bonchev–Trinajstić information content (AvgIpc) is 2.98. The Hall–Kier alpha value is -2.82. The Morgan fingerprint density at radius 2 is 2.15 bits per heavy atom. The first-order valence-electron chi connectivity index (χ1n) is 6.23. The summed E-state index contributed by atoms with van der Waals surface area (Å²) < 4.78 is 5.14. The summed E-state index contributed by atoms with van der Waals surface area (Å²) in [4.78, 5) is 16.0. The molecular weight excluding hydrogens is 254 g/mol. The first kappa shape index (κ1) is 12.2. The number of carbonyl (C=O) groups excluding carboxylic acids is 1. The molecule has 3 aromatic rings. The molecule has 0 spiro atoms. The fourth-order valence-corrected chi connectivity index (χ4v) is 1.91. The number of nitrogens with one attached hydrogen (secondary N) is 2. The first-order chi connectivity index (χ1) is 9.81. The van der Waals surface area contributed by atoms with Crippen molar-refractivity contribution in [3.8, 4) is 0 Å². The molecule has 100 valence electrons. The van der Waals surface area contributed by atoms with Crippen LogP contribution in [0.2, 0.25) is 0 Å². The highest BCUT2D eigenvalue weighted by atomic mass is 16.3. The topological polar surface area (TPSA) is 67.2 Å². The van der Waals surface area contributed by atoms with E-state index in [0.717, 1.165) is 16.6 Å². The molecule has 20 heavy (non-hydrogen) atoms. The van der Waals surface area contributed by atoms with Crippen molar-refractivity contribution in [1.29, 1.82) is 0 Å². The number of anilines is 1. The van der Waals surface area contributed by atoms with Gasteiger partial charge in [-0.3, -0.25) is 4.98 Å². The van der Waals surface area contributed by atoms with Gasteiger partial charge in [0.05, 0.1) is 18.3 Å². The fraction of sp³-hybridized carbons (Fsp3) is 0.0667. The molecule has 0 fully saturated rings. The van der Waals surface area contributed by atoms with Crippen LogP contribution in [0.1, 0.15) is 5.76 Å². The smallest absolute Gasteiger partial charge is 0.319 e. The highest BCUT2D eigenvalue weighted by molar-refractivity contribution is 5.92. The van der Waals surface area contributed by atoms with Gasteiger partial charge in [0, 0.05) is 17.3 Å². The lowest BCUT2D eigenvalue weighted by Gasteiger charge is -2.07. The summed E-state index contributed by atoms with van der Waals surface area (Å²) in [6.45, 7) is 0.355. The van der Waals surface area contributed by atoms with Crippen LogP contribution in [0.25, 0.3) is 10.9 Å². The van der Waals surface area contributed by atoms with Gasteiger partial charge in [0.2, 0.25) is 0 Å². The van der Waals surface area contributed by atoms with Gasteiger partial charge in [0.25, 0.3) is 0 Å². The molecule has 0 saturated carbocycles. The third-order valence-electron chi connectivity index (χ3n) is 2.86. The van der Waals surface area contributed by atoms with Crippen LogP contribution in [0.15, 0.2) is 59.3 Å². The number of hydrogen-bond acceptors (Lipinski definition) is 3. The standard InChI is InChI=1S/C15H13N3O2/c19-15(17-10-13-4-2-8-20-13)18-12-5-6-14-11(9-12)3-1-7-16-14/h1-9H,10H2,(H2,17,18,19). The Bertz CT molecular complexity index is 723. The minimum atomic E-state index is -0.273. The van der Waals surface area contributed by atoms with E-state index in [1.807, 2.05) is 36.4 Å². The number of amides is 2. The fourth-order valence-electron chi connectivity index (χ4n) is 1.91. The van der Waals surface area contributed by atoms with Crippen LogP contribution >= 0.6 is 0 Å². The van der Waals surface area contributed by atoms with E-state index in [2.05, 4.69) is 15.6 Å². The predicted octanol–water partition coefficient (Wildman–Crippen LogP) is 3.15. The SMILES string of the molecule is O=C(NCc1ccco1)Nc1ccc2ncccc2c1. The molecule has 0 radical (unpaired) electrons. The highest BCUT2D eigenvalue weighted by Gasteiger charge is 2.03. The first-order valence-corrected chi connectivity index (χ1v) is 6.23. The van der Waals surface area contributed by atoms with E-state index >= 15 is 0 Å². The maximum Gasteiger partial charge on any atom is 0.319 e. The number of fused-ring (bicyclic) bond motifs is 1. The largest absolute Gasteiger partial charge is 0.467 e. The molecule has 0 saturated heterocycles. The summed E-state index contributed by atoms with van der Waals surface area (Å²) in [6.07, 6.45) is 3.32. The number of rotatable bonds is 3. The molecule has 5 nitrogen and oxygen atoms in total. The lowest BCUT2D eigenvalue weighted by molar-refractivity contribution is 0.251. The van der Waals surface area contributed by atoms with Crippen molar-refractivity contribution >= 4 is 22.6 Å². The molecule has 0 bridgehead atoms. The van der Waals surface area contributed by atoms with Crippen molar-refractivity contribution < 1.29 is 9.21 Å². The van der Waals surface area contributed by atoms with Crippen LogP contribution < -0.4 is 10.6 Å². The van der Waals surface area contributed by atoms with Crippen molar-refractivity contribution in [1.82, 2.24) is 10.3 Å². The molecular formula is C15H13N3O2. The normalized spacial score (nSPS) is 10.4. The number of furan rings is 1. The lowest BCUT2D eigenvalue weighted by Crippen LogP contribution is -2.27. The monoisotopic (exact) mass is 267 g/mol. The molecule has 1 aromatic carbocycles. The molecule has 2 aromatic heterocycles. The summed E-state index contributed by atoms with van der Waals surface area (Å²) in [5.41, 5.74) is 1.62. The van der Waals surface area contributed by atoms with Gasteiger partial charge in [-0.25, -0.2) is 4.79 Å². The number of carbonyl (C=O) groups is 1. The number of nitrogens with zero attached hydrogens (tertiary/aromatic N) is 1. The van der Waals surface area contributed by atoms with E-state index in [-0.39, 0.29) is 6.03 Å². The summed E-state index contributed by atoms with van der Waals surface area (Å²) in [6, 6.07) is 12.7. The Balaban J connectivity index is 1.65. The van der Waals surface area contributed by atoms with E-state index in [4.69, 9.17) is 4.42 Å². The van der Waals surface area contributed by atoms with Gasteiger partial charge in [-0.15, -0.1) is 0 Å². The summed E-state index contributed by atoms with van der Waals surface area (Å²) in [5.74, 6) is 0.711. The van der Waals surface area contributed by atoms with Crippen LogP contribution in [0.5, 0.6) is 0 Å². The molecule has 2 N–H and O–H groups in total. The van der Waals surface area contributed by atoms with Crippen LogP contribution in [0, 0.1) is 0 Å². The van der Waals surface area contributed by atoms with Gasteiger partial charge in [-0.2, -0.15) is 0 Å². The molecule has 5 heteroatoms. The third-order valence-corrected chi connectivity index (χ3v) is 2.86. The maximum atomic E-state index is 11.8. The molecule has 0 unspecified atom stereocenters. The Kier molecular flexibility index (Phi) is 3.33. The van der Waals surface area contributed by atoms with Crippen LogP contribution in [0.3, 0.4) is 0 Å². The molecule has 0 aliphatic rings. The van der Waals surface area contributed by atoms with Crippen molar-refractivity contribution in [2.45, 2.75) is 6.54 Å². The zero-order valence-corrected chi connectivity index (χ0v) is 10.7. The van der Waals surface area contributed by atoms with Crippen LogP contribution in [-0.4, -0.2) is 11.0 Å². The molecule has 2 heterocycles. The second-order valence-corrected chi connectivity index (χ2v) is 4.30.